The van der Waals surface area contributed by atoms with E-state index in [1.165, 1.54) is 6.20 Å². The van der Waals surface area contributed by atoms with Crippen LogP contribution in [0.25, 0.3) is 21.9 Å². The Labute approximate surface area is 110 Å². The van der Waals surface area contributed by atoms with Crippen LogP contribution in [0.4, 0.5) is 0 Å². The van der Waals surface area contributed by atoms with Crippen LogP contribution >= 0.6 is 0 Å². The normalized spacial score (nSPS) is 10.5. The second-order valence-corrected chi connectivity index (χ2v) is 4.30. The highest BCUT2D eigenvalue weighted by molar-refractivity contribution is 6.05. The van der Waals surface area contributed by atoms with Gasteiger partial charge in [-0.15, -0.1) is 0 Å². The Bertz CT molecular complexity index is 766. The van der Waals surface area contributed by atoms with Gasteiger partial charge in [-0.2, -0.15) is 0 Å². The summed E-state index contributed by atoms with van der Waals surface area (Å²) in [5, 5.41) is 11.4. The van der Waals surface area contributed by atoms with Crippen LogP contribution in [0.15, 0.2) is 54.9 Å². The third-order valence-corrected chi connectivity index (χ3v) is 3.12. The molecule has 0 radical (unpaired) electrons. The SMILES string of the molecule is O=Cc1ccc(-c2cncc(O)c2)c2ccccc12. The first kappa shape index (κ1) is 11.4. The summed E-state index contributed by atoms with van der Waals surface area (Å²) in [6.45, 7) is 0. The Morgan fingerprint density at radius 2 is 1.79 bits per heavy atom. The summed E-state index contributed by atoms with van der Waals surface area (Å²) in [4.78, 5) is 15.1. The molecule has 0 aliphatic rings. The maximum Gasteiger partial charge on any atom is 0.150 e. The molecule has 0 saturated carbocycles. The third kappa shape index (κ3) is 1.95. The van der Waals surface area contributed by atoms with Gasteiger partial charge in [-0.25, -0.2) is 0 Å². The molecule has 3 heteroatoms. The zero-order valence-corrected chi connectivity index (χ0v) is 10.1. The van der Waals surface area contributed by atoms with Gasteiger partial charge in [0, 0.05) is 17.3 Å². The van der Waals surface area contributed by atoms with E-state index in [0.29, 0.717) is 5.56 Å². The number of aromatic hydroxyl groups is 1. The number of carbonyl (C=O) groups is 1. The fraction of sp³-hybridized carbons (Fsp3) is 0. The lowest BCUT2D eigenvalue weighted by Gasteiger charge is -2.08. The molecule has 0 amide bonds. The first-order chi connectivity index (χ1) is 9.29. The molecule has 3 rings (SSSR count). The van der Waals surface area contributed by atoms with Gasteiger partial charge in [0.25, 0.3) is 0 Å². The Hall–Kier alpha value is -2.68. The molecule has 0 unspecified atom stereocenters. The molecule has 0 saturated heterocycles. The van der Waals surface area contributed by atoms with Crippen molar-refractivity contribution in [3.05, 3.63) is 60.4 Å². The standard InChI is InChI=1S/C16H11NO2/c18-10-11-5-6-15(12-7-13(19)9-17-8-12)16-4-2-1-3-14(11)16/h1-10,19H. The molecular weight excluding hydrogens is 238 g/mol. The van der Waals surface area contributed by atoms with Crippen LogP contribution in [0, 0.1) is 0 Å². The number of nitrogens with zero attached hydrogens (tertiary/aromatic N) is 1. The van der Waals surface area contributed by atoms with Crippen molar-refractivity contribution in [1.29, 1.82) is 0 Å². The van der Waals surface area contributed by atoms with Crippen LogP contribution in [-0.2, 0) is 0 Å². The molecule has 0 fully saturated rings. The molecule has 3 nitrogen and oxygen atoms in total. The molecule has 0 atom stereocenters. The number of benzene rings is 2. The second kappa shape index (κ2) is 4.53. The van der Waals surface area contributed by atoms with Gasteiger partial charge < -0.3 is 5.11 Å². The number of hydrogen-bond acceptors (Lipinski definition) is 3. The molecule has 0 bridgehead atoms. The number of carbonyl (C=O) groups excluding carboxylic acids is 1. The van der Waals surface area contributed by atoms with Crippen molar-refractivity contribution in [2.45, 2.75) is 0 Å². The monoisotopic (exact) mass is 249 g/mol. The van der Waals surface area contributed by atoms with Crippen LogP contribution in [0.2, 0.25) is 0 Å². The lowest BCUT2D eigenvalue weighted by molar-refractivity contribution is 0.112. The van der Waals surface area contributed by atoms with Gasteiger partial charge in [0.1, 0.15) is 5.75 Å². The molecule has 1 N–H and O–H groups in total. The van der Waals surface area contributed by atoms with Gasteiger partial charge in [-0.05, 0) is 22.4 Å². The van der Waals surface area contributed by atoms with Gasteiger partial charge in [0.15, 0.2) is 6.29 Å². The highest BCUT2D eigenvalue weighted by Crippen LogP contribution is 2.31. The van der Waals surface area contributed by atoms with Crippen LogP contribution < -0.4 is 0 Å². The van der Waals surface area contributed by atoms with Gasteiger partial charge >= 0.3 is 0 Å². The third-order valence-electron chi connectivity index (χ3n) is 3.12. The van der Waals surface area contributed by atoms with E-state index >= 15 is 0 Å². The lowest BCUT2D eigenvalue weighted by Crippen LogP contribution is -1.87. The van der Waals surface area contributed by atoms with Crippen molar-refractivity contribution in [3.8, 4) is 16.9 Å². The Balaban J connectivity index is 2.34. The quantitative estimate of drug-likeness (QED) is 0.708. The fourth-order valence-electron chi connectivity index (χ4n) is 2.25. The summed E-state index contributed by atoms with van der Waals surface area (Å²) < 4.78 is 0. The highest BCUT2D eigenvalue weighted by atomic mass is 16.3. The van der Waals surface area contributed by atoms with Crippen molar-refractivity contribution in [2.75, 3.05) is 0 Å². The minimum Gasteiger partial charge on any atom is -0.506 e. The predicted octanol–water partition coefficient (Wildman–Crippen LogP) is 3.42. The number of hydrogen-bond donors (Lipinski definition) is 1. The van der Waals surface area contributed by atoms with E-state index in [0.717, 1.165) is 28.2 Å². The smallest absolute Gasteiger partial charge is 0.150 e. The van der Waals surface area contributed by atoms with Crippen LogP contribution in [-0.4, -0.2) is 16.4 Å². The van der Waals surface area contributed by atoms with Crippen LogP contribution in [0.3, 0.4) is 0 Å². The Morgan fingerprint density at radius 3 is 2.53 bits per heavy atom. The molecule has 2 aromatic carbocycles. The van der Waals surface area contributed by atoms with Crippen molar-refractivity contribution < 1.29 is 9.90 Å². The maximum absolute atomic E-state index is 11.1. The molecular formula is C16H11NO2. The number of pyridine rings is 1. The fourth-order valence-corrected chi connectivity index (χ4v) is 2.25. The lowest BCUT2D eigenvalue weighted by atomic mass is 9.96. The predicted molar refractivity (Wildman–Crippen MR) is 74.2 cm³/mol. The van der Waals surface area contributed by atoms with Gasteiger partial charge in [0.2, 0.25) is 0 Å². The highest BCUT2D eigenvalue weighted by Gasteiger charge is 2.07. The minimum absolute atomic E-state index is 0.126. The first-order valence-electron chi connectivity index (χ1n) is 5.91. The Kier molecular flexibility index (Phi) is 2.72. The maximum atomic E-state index is 11.1. The molecule has 0 aliphatic heterocycles. The average molecular weight is 249 g/mol. The van der Waals surface area contributed by atoms with Gasteiger partial charge in [-0.1, -0.05) is 36.4 Å². The van der Waals surface area contributed by atoms with Gasteiger partial charge in [-0.3, -0.25) is 9.78 Å². The molecule has 19 heavy (non-hydrogen) atoms. The van der Waals surface area contributed by atoms with Gasteiger partial charge in [0.05, 0.1) is 6.20 Å². The van der Waals surface area contributed by atoms with Crippen molar-refractivity contribution in [3.63, 3.8) is 0 Å². The molecule has 92 valence electrons. The Morgan fingerprint density at radius 1 is 1.00 bits per heavy atom. The minimum atomic E-state index is 0.126. The summed E-state index contributed by atoms with van der Waals surface area (Å²) in [5.74, 6) is 0.126. The summed E-state index contributed by atoms with van der Waals surface area (Å²) in [6, 6.07) is 13.0. The van der Waals surface area contributed by atoms with E-state index < -0.39 is 0 Å². The number of aromatic nitrogens is 1. The van der Waals surface area contributed by atoms with Crippen LogP contribution in [0.1, 0.15) is 10.4 Å². The first-order valence-corrected chi connectivity index (χ1v) is 5.91. The summed E-state index contributed by atoms with van der Waals surface area (Å²) in [7, 11) is 0. The molecule has 3 aromatic rings. The molecule has 1 aromatic heterocycles. The zero-order valence-electron chi connectivity index (χ0n) is 10.1. The van der Waals surface area contributed by atoms with Crippen molar-refractivity contribution in [2.24, 2.45) is 0 Å². The summed E-state index contributed by atoms with van der Waals surface area (Å²) >= 11 is 0. The molecule has 1 heterocycles. The van der Waals surface area contributed by atoms with Crippen molar-refractivity contribution in [1.82, 2.24) is 4.98 Å². The number of rotatable bonds is 2. The largest absolute Gasteiger partial charge is 0.506 e. The van der Waals surface area contributed by atoms with E-state index in [2.05, 4.69) is 4.98 Å². The molecule has 0 aliphatic carbocycles. The second-order valence-electron chi connectivity index (χ2n) is 4.30. The van der Waals surface area contributed by atoms with E-state index in [4.69, 9.17) is 0 Å². The van der Waals surface area contributed by atoms with E-state index in [1.807, 2.05) is 30.3 Å². The van der Waals surface area contributed by atoms with E-state index in [9.17, 15) is 9.90 Å². The number of fused-ring (bicyclic) bond motifs is 1. The summed E-state index contributed by atoms with van der Waals surface area (Å²) in [6.07, 6.45) is 3.94. The zero-order chi connectivity index (χ0) is 13.2. The van der Waals surface area contributed by atoms with Crippen molar-refractivity contribution >= 4 is 17.1 Å². The average Bonchev–Trinajstić information content (AvgIpc) is 2.46. The summed E-state index contributed by atoms with van der Waals surface area (Å²) in [5.41, 5.74) is 2.44. The molecule has 0 spiro atoms. The van der Waals surface area contributed by atoms with E-state index in [1.54, 1.807) is 18.3 Å². The van der Waals surface area contributed by atoms with E-state index in [-0.39, 0.29) is 5.75 Å². The van der Waals surface area contributed by atoms with Crippen LogP contribution in [0.5, 0.6) is 5.75 Å². The number of aldehydes is 1. The topological polar surface area (TPSA) is 50.2 Å².